The summed E-state index contributed by atoms with van der Waals surface area (Å²) in [4.78, 5) is 25.6. The third-order valence-electron chi connectivity index (χ3n) is 3.03. The zero-order valence-electron chi connectivity index (χ0n) is 14.2. The molecule has 1 heterocycles. The number of nitrogens with one attached hydrogen (secondary N) is 2. The van der Waals surface area contributed by atoms with Crippen molar-refractivity contribution in [3.63, 3.8) is 0 Å². The van der Waals surface area contributed by atoms with Crippen LogP contribution in [0.1, 0.15) is 14.8 Å². The van der Waals surface area contributed by atoms with E-state index in [1.165, 1.54) is 0 Å². The first-order valence-corrected chi connectivity index (χ1v) is 8.54. The summed E-state index contributed by atoms with van der Waals surface area (Å²) in [5.74, 6) is -0.509. The molecule has 0 aliphatic heterocycles. The fourth-order valence-electron chi connectivity index (χ4n) is 1.81. The molecule has 9 heteroatoms. The molecular formula is C16H21N5O3S. The van der Waals surface area contributed by atoms with Gasteiger partial charge in [0.15, 0.2) is 0 Å². The van der Waals surface area contributed by atoms with E-state index in [-0.39, 0.29) is 30.0 Å². The zero-order valence-corrected chi connectivity index (χ0v) is 15.0. The van der Waals surface area contributed by atoms with E-state index in [1.807, 2.05) is 37.2 Å². The summed E-state index contributed by atoms with van der Waals surface area (Å²) >= 11 is 1.14. The number of likely N-dealkylation sites (N-methyl/N-ethyl adjacent to an activating group) is 1. The molecule has 1 aromatic carbocycles. The lowest BCUT2D eigenvalue weighted by molar-refractivity contribution is -0.126. The molecule has 2 rings (SSSR count). The minimum atomic E-state index is -0.323. The number of ether oxygens (including phenoxy) is 1. The van der Waals surface area contributed by atoms with Crippen LogP contribution in [-0.2, 0) is 16.1 Å². The van der Waals surface area contributed by atoms with Gasteiger partial charge in [0.25, 0.3) is 5.91 Å². The van der Waals surface area contributed by atoms with Gasteiger partial charge >= 0.3 is 0 Å². The van der Waals surface area contributed by atoms with Crippen molar-refractivity contribution in [2.45, 2.75) is 6.61 Å². The van der Waals surface area contributed by atoms with Crippen LogP contribution in [0.25, 0.3) is 0 Å². The Hall–Kier alpha value is -2.36. The van der Waals surface area contributed by atoms with Gasteiger partial charge in [0.2, 0.25) is 10.9 Å². The molecule has 0 saturated carbocycles. The van der Waals surface area contributed by atoms with Gasteiger partial charge in [-0.15, -0.1) is 10.2 Å². The van der Waals surface area contributed by atoms with Crippen molar-refractivity contribution in [3.8, 4) is 0 Å². The Bertz CT molecular complexity index is 690. The summed E-state index contributed by atoms with van der Waals surface area (Å²) in [5, 5.41) is 14.0. The first kappa shape index (κ1) is 19.0. The molecule has 0 spiro atoms. The van der Waals surface area contributed by atoms with E-state index in [0.717, 1.165) is 17.9 Å². The number of carbonyl (C=O) groups is 2. The Morgan fingerprint density at radius 1 is 1.20 bits per heavy atom. The molecule has 0 bridgehead atoms. The second-order valence-electron chi connectivity index (χ2n) is 5.47. The van der Waals surface area contributed by atoms with E-state index in [4.69, 9.17) is 4.74 Å². The molecule has 2 aromatic rings. The molecule has 25 heavy (non-hydrogen) atoms. The second kappa shape index (κ2) is 9.82. The van der Waals surface area contributed by atoms with Crippen molar-refractivity contribution in [3.05, 3.63) is 40.3 Å². The summed E-state index contributed by atoms with van der Waals surface area (Å²) in [6, 6.07) is 9.11. The van der Waals surface area contributed by atoms with E-state index in [2.05, 4.69) is 20.8 Å². The predicted molar refractivity (Wildman–Crippen MR) is 95.5 cm³/mol. The highest BCUT2D eigenvalue weighted by Crippen LogP contribution is 2.13. The molecule has 134 valence electrons. The summed E-state index contributed by atoms with van der Waals surface area (Å²) in [7, 11) is 3.87. The van der Waals surface area contributed by atoms with Crippen LogP contribution in [0, 0.1) is 0 Å². The third-order valence-corrected chi connectivity index (χ3v) is 3.93. The third kappa shape index (κ3) is 6.96. The predicted octanol–water partition coefficient (Wildman–Crippen LogP) is 0.985. The fraction of sp³-hybridized carbons (Fsp3) is 0.375. The largest absolute Gasteiger partial charge is 0.364 e. The van der Waals surface area contributed by atoms with Crippen molar-refractivity contribution >= 4 is 28.8 Å². The maximum Gasteiger partial charge on any atom is 0.286 e. The number of benzene rings is 1. The minimum Gasteiger partial charge on any atom is -0.364 e. The Balaban J connectivity index is 1.72. The van der Waals surface area contributed by atoms with Gasteiger partial charge in [-0.1, -0.05) is 29.5 Å². The molecule has 2 N–H and O–H groups in total. The molecule has 0 aliphatic rings. The van der Waals surface area contributed by atoms with E-state index in [9.17, 15) is 9.59 Å². The zero-order chi connectivity index (χ0) is 18.1. The Labute approximate surface area is 150 Å². The summed E-state index contributed by atoms with van der Waals surface area (Å²) in [5.41, 5.74) is 0.690. The Kier molecular flexibility index (Phi) is 7.45. The first-order chi connectivity index (χ1) is 12.0. The number of rotatable bonds is 9. The molecule has 0 aliphatic carbocycles. The number of anilines is 1. The van der Waals surface area contributed by atoms with Crippen LogP contribution >= 0.6 is 11.3 Å². The standard InChI is InChI=1S/C16H21N5O3S/c1-21(2)9-8-17-13(22)10-24-11-14-19-20-16(25-14)15(23)18-12-6-4-3-5-7-12/h3-7H,8-11H2,1-2H3,(H,17,22)(H,18,23). The summed E-state index contributed by atoms with van der Waals surface area (Å²) < 4.78 is 5.30. The minimum absolute atomic E-state index is 0.0570. The Morgan fingerprint density at radius 3 is 2.68 bits per heavy atom. The van der Waals surface area contributed by atoms with E-state index in [0.29, 0.717) is 17.2 Å². The van der Waals surface area contributed by atoms with Gasteiger partial charge in [-0.25, -0.2) is 0 Å². The number of nitrogens with zero attached hydrogens (tertiary/aromatic N) is 3. The van der Waals surface area contributed by atoms with Gasteiger partial charge < -0.3 is 20.3 Å². The van der Waals surface area contributed by atoms with Gasteiger partial charge in [0.1, 0.15) is 18.2 Å². The summed E-state index contributed by atoms with van der Waals surface area (Å²) in [6.07, 6.45) is 0. The average molecular weight is 363 g/mol. The van der Waals surface area contributed by atoms with E-state index in [1.54, 1.807) is 12.1 Å². The highest BCUT2D eigenvalue weighted by atomic mass is 32.1. The fourth-order valence-corrected chi connectivity index (χ4v) is 2.48. The van der Waals surface area contributed by atoms with Crippen molar-refractivity contribution in [2.24, 2.45) is 0 Å². The van der Waals surface area contributed by atoms with E-state index < -0.39 is 0 Å². The lowest BCUT2D eigenvalue weighted by Gasteiger charge is -2.10. The SMILES string of the molecule is CN(C)CCNC(=O)COCc1nnc(C(=O)Nc2ccccc2)s1. The highest BCUT2D eigenvalue weighted by Gasteiger charge is 2.13. The smallest absolute Gasteiger partial charge is 0.286 e. The van der Waals surface area contributed by atoms with Crippen LogP contribution in [0.3, 0.4) is 0 Å². The summed E-state index contributed by atoms with van der Waals surface area (Å²) in [6.45, 7) is 1.41. The number of hydrogen-bond donors (Lipinski definition) is 2. The topological polar surface area (TPSA) is 96.5 Å². The van der Waals surface area contributed by atoms with Crippen LogP contribution in [0.4, 0.5) is 5.69 Å². The monoisotopic (exact) mass is 363 g/mol. The van der Waals surface area contributed by atoms with Gasteiger partial charge in [-0.2, -0.15) is 0 Å². The molecule has 0 saturated heterocycles. The molecule has 8 nitrogen and oxygen atoms in total. The molecular weight excluding hydrogens is 342 g/mol. The maximum atomic E-state index is 12.1. The average Bonchev–Trinajstić information content (AvgIpc) is 3.04. The maximum absolute atomic E-state index is 12.1. The number of hydrogen-bond acceptors (Lipinski definition) is 7. The lowest BCUT2D eigenvalue weighted by atomic mass is 10.3. The quantitative estimate of drug-likeness (QED) is 0.690. The van der Waals surface area contributed by atoms with Crippen molar-refractivity contribution < 1.29 is 14.3 Å². The first-order valence-electron chi connectivity index (χ1n) is 7.72. The normalized spacial score (nSPS) is 10.7. The number of aromatic nitrogens is 2. The molecule has 0 unspecified atom stereocenters. The van der Waals surface area contributed by atoms with E-state index >= 15 is 0 Å². The van der Waals surface area contributed by atoms with Crippen molar-refractivity contribution in [1.29, 1.82) is 0 Å². The van der Waals surface area contributed by atoms with Gasteiger partial charge in [-0.3, -0.25) is 9.59 Å². The molecule has 0 atom stereocenters. The lowest BCUT2D eigenvalue weighted by Crippen LogP contribution is -2.33. The van der Waals surface area contributed by atoms with Gasteiger partial charge in [0.05, 0.1) is 0 Å². The number of amides is 2. The molecule has 2 amide bonds. The van der Waals surface area contributed by atoms with Crippen molar-refractivity contribution in [1.82, 2.24) is 20.4 Å². The van der Waals surface area contributed by atoms with Crippen LogP contribution in [0.15, 0.2) is 30.3 Å². The van der Waals surface area contributed by atoms with Crippen LogP contribution in [0.5, 0.6) is 0 Å². The molecule has 0 radical (unpaired) electrons. The molecule has 1 aromatic heterocycles. The Morgan fingerprint density at radius 2 is 1.96 bits per heavy atom. The van der Waals surface area contributed by atoms with Crippen LogP contribution in [0.2, 0.25) is 0 Å². The number of carbonyl (C=O) groups excluding carboxylic acids is 2. The molecule has 0 fully saturated rings. The number of para-hydroxylation sites is 1. The van der Waals surface area contributed by atoms with Gasteiger partial charge in [-0.05, 0) is 26.2 Å². The second-order valence-corrected chi connectivity index (χ2v) is 6.53. The van der Waals surface area contributed by atoms with Crippen LogP contribution < -0.4 is 10.6 Å². The van der Waals surface area contributed by atoms with Crippen LogP contribution in [-0.4, -0.2) is 60.7 Å². The van der Waals surface area contributed by atoms with Crippen molar-refractivity contribution in [2.75, 3.05) is 39.1 Å². The van der Waals surface area contributed by atoms with Gasteiger partial charge in [0, 0.05) is 18.8 Å². The highest BCUT2D eigenvalue weighted by molar-refractivity contribution is 7.13.